The number of aromatic nitrogens is 4. The number of nitrogens with zero attached hydrogens (tertiary/aromatic N) is 3. The fourth-order valence-electron chi connectivity index (χ4n) is 3.33. The van der Waals surface area contributed by atoms with Gasteiger partial charge in [0.05, 0.1) is 24.8 Å². The van der Waals surface area contributed by atoms with Crippen LogP contribution < -0.4 is 15.6 Å². The Morgan fingerprint density at radius 3 is 2.61 bits per heavy atom. The standard InChI is InChI=1S/C22H21N5O4/c1-30-12-11-27-13-17(14-7-3-4-8-15(14)21(27)29)20(28)24-22-23-19(25-26-22)16-9-5-6-10-18(16)31-2/h3-10,13H,11-12H2,1-2H3,(H2,23,24,25,26,28). The highest BCUT2D eigenvalue weighted by Crippen LogP contribution is 2.27. The molecule has 2 aromatic carbocycles. The van der Waals surface area contributed by atoms with Crippen LogP contribution in [-0.4, -0.2) is 46.5 Å². The first-order valence-electron chi connectivity index (χ1n) is 9.60. The van der Waals surface area contributed by atoms with E-state index in [4.69, 9.17) is 9.47 Å². The third-order valence-corrected chi connectivity index (χ3v) is 4.85. The molecule has 0 aliphatic rings. The van der Waals surface area contributed by atoms with Crippen LogP contribution in [0.25, 0.3) is 22.2 Å². The monoisotopic (exact) mass is 419 g/mol. The summed E-state index contributed by atoms with van der Waals surface area (Å²) >= 11 is 0. The van der Waals surface area contributed by atoms with E-state index in [0.717, 1.165) is 5.56 Å². The van der Waals surface area contributed by atoms with Crippen molar-refractivity contribution in [3.05, 3.63) is 70.6 Å². The minimum Gasteiger partial charge on any atom is -0.496 e. The molecule has 0 bridgehead atoms. The Morgan fingerprint density at radius 2 is 1.84 bits per heavy atom. The molecule has 158 valence electrons. The lowest BCUT2D eigenvalue weighted by atomic mass is 10.1. The number of pyridine rings is 1. The van der Waals surface area contributed by atoms with E-state index in [9.17, 15) is 9.59 Å². The van der Waals surface area contributed by atoms with Gasteiger partial charge in [-0.3, -0.25) is 20.0 Å². The number of carbonyl (C=O) groups is 1. The summed E-state index contributed by atoms with van der Waals surface area (Å²) < 4.78 is 11.9. The molecule has 0 saturated carbocycles. The molecule has 1 amide bonds. The maximum Gasteiger partial charge on any atom is 0.260 e. The second-order valence-electron chi connectivity index (χ2n) is 6.74. The number of aromatic amines is 1. The van der Waals surface area contributed by atoms with Crippen LogP contribution in [0, 0.1) is 0 Å². The summed E-state index contributed by atoms with van der Waals surface area (Å²) in [6.07, 6.45) is 1.53. The maximum atomic E-state index is 13.1. The van der Waals surface area contributed by atoms with Crippen molar-refractivity contribution >= 4 is 22.6 Å². The quantitative estimate of drug-likeness (QED) is 0.476. The van der Waals surface area contributed by atoms with E-state index >= 15 is 0 Å². The van der Waals surface area contributed by atoms with E-state index < -0.39 is 5.91 Å². The van der Waals surface area contributed by atoms with Crippen LogP contribution in [0.2, 0.25) is 0 Å². The van der Waals surface area contributed by atoms with E-state index in [1.165, 1.54) is 10.8 Å². The van der Waals surface area contributed by atoms with Crippen molar-refractivity contribution in [3.63, 3.8) is 0 Å². The Balaban J connectivity index is 1.67. The molecule has 2 N–H and O–H groups in total. The van der Waals surface area contributed by atoms with Gasteiger partial charge in [-0.1, -0.05) is 30.3 Å². The van der Waals surface area contributed by atoms with Gasteiger partial charge in [0.2, 0.25) is 5.95 Å². The van der Waals surface area contributed by atoms with Gasteiger partial charge in [-0.15, -0.1) is 5.10 Å². The van der Waals surface area contributed by atoms with Gasteiger partial charge in [-0.25, -0.2) is 0 Å². The van der Waals surface area contributed by atoms with Crippen LogP contribution in [0.5, 0.6) is 5.75 Å². The lowest BCUT2D eigenvalue weighted by Crippen LogP contribution is -2.25. The molecule has 9 nitrogen and oxygen atoms in total. The molecule has 0 unspecified atom stereocenters. The molecule has 2 heterocycles. The van der Waals surface area contributed by atoms with E-state index in [0.29, 0.717) is 41.1 Å². The van der Waals surface area contributed by atoms with Gasteiger partial charge in [0.25, 0.3) is 11.5 Å². The van der Waals surface area contributed by atoms with E-state index in [1.807, 2.05) is 24.3 Å². The van der Waals surface area contributed by atoms with Crippen LogP contribution in [0.4, 0.5) is 5.95 Å². The highest BCUT2D eigenvalue weighted by atomic mass is 16.5. The minimum atomic E-state index is -0.423. The molecule has 4 aromatic rings. The molecule has 31 heavy (non-hydrogen) atoms. The largest absolute Gasteiger partial charge is 0.496 e. The number of anilines is 1. The molecule has 0 atom stereocenters. The number of hydrogen-bond donors (Lipinski definition) is 2. The zero-order chi connectivity index (χ0) is 21.8. The average molecular weight is 419 g/mol. The predicted octanol–water partition coefficient (Wildman–Crippen LogP) is 2.69. The summed E-state index contributed by atoms with van der Waals surface area (Å²) in [7, 11) is 3.13. The molecule has 0 saturated heterocycles. The number of H-pyrrole nitrogens is 1. The summed E-state index contributed by atoms with van der Waals surface area (Å²) in [4.78, 5) is 30.1. The number of rotatable bonds is 7. The van der Waals surface area contributed by atoms with Gasteiger partial charge in [0.1, 0.15) is 5.75 Å². The third kappa shape index (κ3) is 4.03. The second kappa shape index (κ2) is 8.80. The van der Waals surface area contributed by atoms with Crippen molar-refractivity contribution < 1.29 is 14.3 Å². The van der Waals surface area contributed by atoms with Crippen LogP contribution in [0.3, 0.4) is 0 Å². The molecule has 0 aliphatic carbocycles. The van der Waals surface area contributed by atoms with Crippen LogP contribution in [-0.2, 0) is 11.3 Å². The number of amides is 1. The van der Waals surface area contributed by atoms with Crippen molar-refractivity contribution in [3.8, 4) is 17.1 Å². The number of methoxy groups -OCH3 is 2. The zero-order valence-corrected chi connectivity index (χ0v) is 17.1. The Labute approximate surface area is 177 Å². The van der Waals surface area contributed by atoms with Gasteiger partial charge in [-0.2, -0.15) is 4.98 Å². The maximum absolute atomic E-state index is 13.1. The Kier molecular flexibility index (Phi) is 5.76. The SMILES string of the molecule is COCCn1cc(C(=O)Nc2n[nH]c(-c3ccccc3OC)n2)c2ccccc2c1=O. The van der Waals surface area contributed by atoms with Crippen LogP contribution in [0.15, 0.2) is 59.5 Å². The van der Waals surface area contributed by atoms with E-state index in [2.05, 4.69) is 20.5 Å². The van der Waals surface area contributed by atoms with Crippen molar-refractivity contribution in [2.24, 2.45) is 0 Å². The Hall–Kier alpha value is -3.98. The molecule has 0 radical (unpaired) electrons. The second-order valence-corrected chi connectivity index (χ2v) is 6.74. The van der Waals surface area contributed by atoms with Crippen molar-refractivity contribution in [1.82, 2.24) is 19.7 Å². The number of ether oxygens (including phenoxy) is 2. The number of hydrogen-bond acceptors (Lipinski definition) is 6. The fraction of sp³-hybridized carbons (Fsp3) is 0.182. The number of fused-ring (bicyclic) bond motifs is 1. The highest BCUT2D eigenvalue weighted by molar-refractivity contribution is 6.12. The number of nitrogens with one attached hydrogen (secondary N) is 2. The summed E-state index contributed by atoms with van der Waals surface area (Å²) in [5, 5.41) is 10.6. The van der Waals surface area contributed by atoms with Gasteiger partial charge in [-0.05, 0) is 18.2 Å². The number of benzene rings is 2. The Bertz CT molecular complexity index is 1290. The smallest absolute Gasteiger partial charge is 0.260 e. The normalized spacial score (nSPS) is 10.9. The molecule has 0 fully saturated rings. The van der Waals surface area contributed by atoms with Crippen LogP contribution >= 0.6 is 0 Å². The lowest BCUT2D eigenvalue weighted by molar-refractivity contribution is 0.102. The first-order valence-corrected chi connectivity index (χ1v) is 9.60. The number of carbonyl (C=O) groups excluding carboxylic acids is 1. The topological polar surface area (TPSA) is 111 Å². The molecule has 9 heteroatoms. The first kappa shape index (κ1) is 20.3. The molecule has 0 spiro atoms. The zero-order valence-electron chi connectivity index (χ0n) is 17.1. The van der Waals surface area contributed by atoms with Crippen molar-refractivity contribution in [2.45, 2.75) is 6.54 Å². The van der Waals surface area contributed by atoms with Crippen molar-refractivity contribution in [2.75, 3.05) is 26.1 Å². The number of para-hydroxylation sites is 1. The summed E-state index contributed by atoms with van der Waals surface area (Å²) in [5.41, 5.74) is 0.882. The summed E-state index contributed by atoms with van der Waals surface area (Å²) in [6, 6.07) is 14.3. The van der Waals surface area contributed by atoms with Crippen LogP contribution in [0.1, 0.15) is 10.4 Å². The average Bonchev–Trinajstić information content (AvgIpc) is 3.27. The molecule has 0 aliphatic heterocycles. The van der Waals surface area contributed by atoms with Gasteiger partial charge < -0.3 is 14.0 Å². The van der Waals surface area contributed by atoms with Crippen molar-refractivity contribution in [1.29, 1.82) is 0 Å². The molecule has 2 aromatic heterocycles. The summed E-state index contributed by atoms with van der Waals surface area (Å²) in [6.45, 7) is 0.682. The molecular weight excluding hydrogens is 398 g/mol. The lowest BCUT2D eigenvalue weighted by Gasteiger charge is -2.11. The first-order chi connectivity index (χ1) is 15.1. The van der Waals surface area contributed by atoms with Gasteiger partial charge >= 0.3 is 0 Å². The molecule has 4 rings (SSSR count). The predicted molar refractivity (Wildman–Crippen MR) is 116 cm³/mol. The molecular formula is C22H21N5O4. The minimum absolute atomic E-state index is 0.115. The van der Waals surface area contributed by atoms with Gasteiger partial charge in [0.15, 0.2) is 5.82 Å². The van der Waals surface area contributed by atoms with E-state index in [-0.39, 0.29) is 11.5 Å². The van der Waals surface area contributed by atoms with Gasteiger partial charge in [0, 0.05) is 30.6 Å². The summed E-state index contributed by atoms with van der Waals surface area (Å²) in [5.74, 6) is 0.785. The third-order valence-electron chi connectivity index (χ3n) is 4.85. The Morgan fingerprint density at radius 1 is 1.10 bits per heavy atom. The fourth-order valence-corrected chi connectivity index (χ4v) is 3.33. The van der Waals surface area contributed by atoms with E-state index in [1.54, 1.807) is 38.5 Å². The highest BCUT2D eigenvalue weighted by Gasteiger charge is 2.17.